The SMILES string of the molecule is COc1cc(OC)c(N)c(C(=O)NCCOCC(C)C)c1. The second-order valence-corrected chi connectivity index (χ2v) is 5.02. The molecule has 118 valence electrons. The summed E-state index contributed by atoms with van der Waals surface area (Å²) in [5, 5.41) is 2.76. The number of benzene rings is 1. The maximum Gasteiger partial charge on any atom is 0.253 e. The van der Waals surface area contributed by atoms with E-state index in [9.17, 15) is 4.79 Å². The molecule has 0 unspecified atom stereocenters. The van der Waals surface area contributed by atoms with Gasteiger partial charge in [-0.25, -0.2) is 0 Å². The molecule has 0 saturated heterocycles. The van der Waals surface area contributed by atoms with E-state index < -0.39 is 0 Å². The predicted octanol–water partition coefficient (Wildman–Crippen LogP) is 1.69. The topological polar surface area (TPSA) is 82.8 Å². The summed E-state index contributed by atoms with van der Waals surface area (Å²) >= 11 is 0. The van der Waals surface area contributed by atoms with E-state index in [0.29, 0.717) is 48.4 Å². The van der Waals surface area contributed by atoms with Gasteiger partial charge in [0.1, 0.15) is 11.5 Å². The number of carbonyl (C=O) groups is 1. The molecule has 0 aliphatic carbocycles. The van der Waals surface area contributed by atoms with Crippen molar-refractivity contribution in [2.45, 2.75) is 13.8 Å². The molecule has 0 saturated carbocycles. The molecule has 6 nitrogen and oxygen atoms in total. The lowest BCUT2D eigenvalue weighted by Gasteiger charge is -2.13. The Balaban J connectivity index is 2.65. The first-order valence-corrected chi connectivity index (χ1v) is 6.87. The van der Waals surface area contributed by atoms with Gasteiger partial charge in [0.2, 0.25) is 0 Å². The first-order valence-electron chi connectivity index (χ1n) is 6.87. The van der Waals surface area contributed by atoms with Crippen molar-refractivity contribution in [2.75, 3.05) is 39.7 Å². The number of ether oxygens (including phenoxy) is 3. The van der Waals surface area contributed by atoms with E-state index in [1.54, 1.807) is 12.1 Å². The molecule has 0 aromatic heterocycles. The van der Waals surface area contributed by atoms with Gasteiger partial charge < -0.3 is 25.3 Å². The summed E-state index contributed by atoms with van der Waals surface area (Å²) in [7, 11) is 3.01. The molecule has 0 radical (unpaired) electrons. The van der Waals surface area contributed by atoms with Crippen molar-refractivity contribution in [2.24, 2.45) is 5.92 Å². The molecule has 1 amide bonds. The molecule has 3 N–H and O–H groups in total. The van der Waals surface area contributed by atoms with Gasteiger partial charge >= 0.3 is 0 Å². The van der Waals surface area contributed by atoms with Gasteiger partial charge in [0, 0.05) is 19.2 Å². The van der Waals surface area contributed by atoms with Crippen molar-refractivity contribution in [3.63, 3.8) is 0 Å². The van der Waals surface area contributed by atoms with Gasteiger partial charge in [-0.3, -0.25) is 4.79 Å². The standard InChI is InChI=1S/C15H24N2O4/c1-10(2)9-21-6-5-17-15(18)12-7-11(19-3)8-13(20-4)14(12)16/h7-8,10H,5-6,9,16H2,1-4H3,(H,17,18). The van der Waals surface area contributed by atoms with Crippen molar-refractivity contribution in [3.05, 3.63) is 17.7 Å². The van der Waals surface area contributed by atoms with Crippen molar-refractivity contribution in [3.8, 4) is 11.5 Å². The fourth-order valence-electron chi connectivity index (χ4n) is 1.73. The third kappa shape index (κ3) is 5.15. The van der Waals surface area contributed by atoms with Crippen LogP contribution in [0.1, 0.15) is 24.2 Å². The monoisotopic (exact) mass is 296 g/mol. The Bertz CT molecular complexity index is 475. The highest BCUT2D eigenvalue weighted by atomic mass is 16.5. The molecule has 1 rings (SSSR count). The maximum atomic E-state index is 12.1. The third-order valence-electron chi connectivity index (χ3n) is 2.80. The number of nitrogens with one attached hydrogen (secondary N) is 1. The zero-order valence-corrected chi connectivity index (χ0v) is 13.1. The molecule has 0 fully saturated rings. The number of amides is 1. The van der Waals surface area contributed by atoms with Crippen molar-refractivity contribution < 1.29 is 19.0 Å². The van der Waals surface area contributed by atoms with Gasteiger partial charge in [0.25, 0.3) is 5.91 Å². The first-order chi connectivity index (χ1) is 9.99. The molecule has 1 aromatic rings. The summed E-state index contributed by atoms with van der Waals surface area (Å²) in [5.74, 6) is 1.12. The molecule has 0 atom stereocenters. The Kier molecular flexibility index (Phi) is 6.81. The van der Waals surface area contributed by atoms with Crippen LogP contribution in [0.15, 0.2) is 12.1 Å². The minimum absolute atomic E-state index is 0.280. The third-order valence-corrected chi connectivity index (χ3v) is 2.80. The van der Waals surface area contributed by atoms with E-state index in [-0.39, 0.29) is 5.91 Å². The number of rotatable bonds is 8. The summed E-state index contributed by atoms with van der Waals surface area (Å²) in [6.45, 7) is 5.70. The quantitative estimate of drug-likeness (QED) is 0.563. The Morgan fingerprint density at radius 1 is 1.29 bits per heavy atom. The van der Waals surface area contributed by atoms with Gasteiger partial charge in [-0.1, -0.05) is 13.8 Å². The average Bonchev–Trinajstić information content (AvgIpc) is 2.46. The fraction of sp³-hybridized carbons (Fsp3) is 0.533. The highest BCUT2D eigenvalue weighted by molar-refractivity contribution is 6.00. The van der Waals surface area contributed by atoms with Crippen LogP contribution >= 0.6 is 0 Å². The van der Waals surface area contributed by atoms with Gasteiger partial charge in [-0.05, 0) is 12.0 Å². The average molecular weight is 296 g/mol. The lowest BCUT2D eigenvalue weighted by Crippen LogP contribution is -2.28. The molecular weight excluding hydrogens is 272 g/mol. The number of methoxy groups -OCH3 is 2. The van der Waals surface area contributed by atoms with Crippen LogP contribution in [-0.2, 0) is 4.74 Å². The van der Waals surface area contributed by atoms with Crippen LogP contribution in [-0.4, -0.2) is 39.9 Å². The van der Waals surface area contributed by atoms with Gasteiger partial charge in [0.15, 0.2) is 0 Å². The highest BCUT2D eigenvalue weighted by Crippen LogP contribution is 2.30. The van der Waals surface area contributed by atoms with Crippen molar-refractivity contribution >= 4 is 11.6 Å². The largest absolute Gasteiger partial charge is 0.497 e. The van der Waals surface area contributed by atoms with Gasteiger partial charge in [-0.2, -0.15) is 0 Å². The minimum Gasteiger partial charge on any atom is -0.497 e. The predicted molar refractivity (Wildman–Crippen MR) is 81.9 cm³/mol. The van der Waals surface area contributed by atoms with Crippen LogP contribution in [0.25, 0.3) is 0 Å². The number of hydrogen-bond donors (Lipinski definition) is 2. The Morgan fingerprint density at radius 3 is 2.57 bits per heavy atom. The van der Waals surface area contributed by atoms with Crippen LogP contribution in [0.5, 0.6) is 11.5 Å². The lowest BCUT2D eigenvalue weighted by molar-refractivity contribution is 0.0886. The zero-order valence-electron chi connectivity index (χ0n) is 13.1. The summed E-state index contributed by atoms with van der Waals surface area (Å²) in [6, 6.07) is 3.22. The smallest absolute Gasteiger partial charge is 0.253 e. The minimum atomic E-state index is -0.280. The molecule has 6 heteroatoms. The van der Waals surface area contributed by atoms with E-state index >= 15 is 0 Å². The van der Waals surface area contributed by atoms with Crippen LogP contribution in [0.4, 0.5) is 5.69 Å². The van der Waals surface area contributed by atoms with E-state index in [0.717, 1.165) is 0 Å². The van der Waals surface area contributed by atoms with Crippen molar-refractivity contribution in [1.82, 2.24) is 5.32 Å². The number of hydrogen-bond acceptors (Lipinski definition) is 5. The highest BCUT2D eigenvalue weighted by Gasteiger charge is 2.15. The Morgan fingerprint density at radius 2 is 2.00 bits per heavy atom. The molecule has 1 aromatic carbocycles. The summed E-state index contributed by atoms with van der Waals surface area (Å²) in [6.07, 6.45) is 0. The normalized spacial score (nSPS) is 10.5. The molecule has 0 bridgehead atoms. The Hall–Kier alpha value is -1.95. The number of anilines is 1. The number of carbonyl (C=O) groups excluding carboxylic acids is 1. The van der Waals surface area contributed by atoms with Crippen molar-refractivity contribution in [1.29, 1.82) is 0 Å². The summed E-state index contributed by atoms with van der Waals surface area (Å²) in [4.78, 5) is 12.1. The summed E-state index contributed by atoms with van der Waals surface area (Å²) in [5.41, 5.74) is 6.54. The second-order valence-electron chi connectivity index (χ2n) is 5.02. The van der Waals surface area contributed by atoms with E-state index in [2.05, 4.69) is 19.2 Å². The molecule has 0 aliphatic rings. The van der Waals surface area contributed by atoms with E-state index in [1.807, 2.05) is 0 Å². The molecule has 21 heavy (non-hydrogen) atoms. The first kappa shape index (κ1) is 17.1. The zero-order chi connectivity index (χ0) is 15.8. The fourth-order valence-corrected chi connectivity index (χ4v) is 1.73. The van der Waals surface area contributed by atoms with Crippen LogP contribution in [0, 0.1) is 5.92 Å². The molecule has 0 aliphatic heterocycles. The number of nitrogens with two attached hydrogens (primary N) is 1. The molecule has 0 heterocycles. The summed E-state index contributed by atoms with van der Waals surface area (Å²) < 4.78 is 15.7. The van der Waals surface area contributed by atoms with Crippen LogP contribution < -0.4 is 20.5 Å². The maximum absolute atomic E-state index is 12.1. The van der Waals surface area contributed by atoms with E-state index in [1.165, 1.54) is 14.2 Å². The number of nitrogen functional groups attached to an aromatic ring is 1. The molecule has 0 spiro atoms. The van der Waals surface area contributed by atoms with E-state index in [4.69, 9.17) is 19.9 Å². The lowest BCUT2D eigenvalue weighted by atomic mass is 10.1. The van der Waals surface area contributed by atoms with Gasteiger partial charge in [0.05, 0.1) is 32.1 Å². The van der Waals surface area contributed by atoms with Crippen LogP contribution in [0.3, 0.4) is 0 Å². The second kappa shape index (κ2) is 8.36. The van der Waals surface area contributed by atoms with Gasteiger partial charge in [-0.15, -0.1) is 0 Å². The molecular formula is C15H24N2O4. The van der Waals surface area contributed by atoms with Crippen LogP contribution in [0.2, 0.25) is 0 Å². The Labute approximate surface area is 125 Å².